The lowest BCUT2D eigenvalue weighted by molar-refractivity contribution is 0.228. The molecule has 0 saturated heterocycles. The van der Waals surface area contributed by atoms with Crippen LogP contribution in [0.5, 0.6) is 11.5 Å². The van der Waals surface area contributed by atoms with Gasteiger partial charge in [-0.2, -0.15) is 0 Å². The van der Waals surface area contributed by atoms with Gasteiger partial charge in [-0.05, 0) is 63.2 Å². The average molecular weight is 566 g/mol. The number of ether oxygens (including phenoxy) is 2. The van der Waals surface area contributed by atoms with Gasteiger partial charge in [0.1, 0.15) is 23.5 Å². The third-order valence-corrected chi connectivity index (χ3v) is 7.08. The van der Waals surface area contributed by atoms with Crippen LogP contribution < -0.4 is 20.5 Å². The highest BCUT2D eigenvalue weighted by Gasteiger charge is 2.26. The van der Waals surface area contributed by atoms with Crippen molar-refractivity contribution in [2.45, 2.75) is 37.8 Å². The normalized spacial score (nSPS) is 12.2. The minimum absolute atomic E-state index is 0.0438. The summed E-state index contributed by atoms with van der Waals surface area (Å²) in [6.45, 7) is 5.82. The summed E-state index contributed by atoms with van der Waals surface area (Å²) in [5.74, 6) is 0.203. The van der Waals surface area contributed by atoms with Gasteiger partial charge in [0, 0.05) is 34.7 Å². The van der Waals surface area contributed by atoms with Crippen molar-refractivity contribution in [2.75, 3.05) is 18.2 Å². The van der Waals surface area contributed by atoms with Crippen LogP contribution >= 0.6 is 0 Å². The number of sulfone groups is 1. The van der Waals surface area contributed by atoms with Gasteiger partial charge < -0.3 is 25.5 Å². The Bertz CT molecular complexity index is 1620. The molecule has 3 aromatic carbocycles. The number of nitrogens with zero attached hydrogens (tertiary/aromatic N) is 1. The van der Waals surface area contributed by atoms with Crippen LogP contribution in [-0.4, -0.2) is 43.2 Å². The van der Waals surface area contributed by atoms with E-state index in [0.29, 0.717) is 40.7 Å². The molecule has 0 amide bonds. The van der Waals surface area contributed by atoms with Crippen molar-refractivity contribution in [2.24, 2.45) is 5.73 Å². The summed E-state index contributed by atoms with van der Waals surface area (Å²) >= 11 is 0. The number of nitrogens with two attached hydrogens (primary N) is 1. The van der Waals surface area contributed by atoms with E-state index in [1.54, 1.807) is 54.7 Å². The smallest absolute Gasteiger partial charge is 0.175 e. The van der Waals surface area contributed by atoms with Gasteiger partial charge in [0.05, 0.1) is 29.5 Å². The van der Waals surface area contributed by atoms with E-state index in [4.69, 9.17) is 20.6 Å². The molecule has 0 aliphatic rings. The number of imidazole rings is 1. The Morgan fingerprint density at radius 2 is 1.88 bits per heavy atom. The number of rotatable bonds is 11. The van der Waals surface area contributed by atoms with Crippen molar-refractivity contribution >= 4 is 21.4 Å². The van der Waals surface area contributed by atoms with Gasteiger partial charge in [-0.1, -0.05) is 12.1 Å². The SMILES string of the molecule is CCOc1cc(OC(C)C)c(F)c(C(Nc2ccc(C(=N)N)cc2)c2ncc(-c3cccc(S(C)(=O)=O)c3)[nH]2)c1. The van der Waals surface area contributed by atoms with E-state index in [-0.39, 0.29) is 28.1 Å². The molecule has 5 N–H and O–H groups in total. The molecule has 0 saturated carbocycles. The Hall–Kier alpha value is -4.38. The monoisotopic (exact) mass is 565 g/mol. The van der Waals surface area contributed by atoms with E-state index in [0.717, 1.165) is 6.26 Å². The molecule has 0 fully saturated rings. The van der Waals surface area contributed by atoms with Crippen LogP contribution in [0.4, 0.5) is 10.1 Å². The highest BCUT2D eigenvalue weighted by molar-refractivity contribution is 7.90. The molecule has 0 bridgehead atoms. The first-order valence-corrected chi connectivity index (χ1v) is 14.5. The van der Waals surface area contributed by atoms with Crippen LogP contribution in [0, 0.1) is 11.2 Å². The van der Waals surface area contributed by atoms with Crippen LogP contribution in [-0.2, 0) is 9.84 Å². The Balaban J connectivity index is 1.83. The number of aromatic amines is 1. The molecule has 0 aliphatic carbocycles. The lowest BCUT2D eigenvalue weighted by Crippen LogP contribution is -2.18. The van der Waals surface area contributed by atoms with Crippen molar-refractivity contribution in [3.05, 3.63) is 89.6 Å². The van der Waals surface area contributed by atoms with Gasteiger partial charge in [-0.3, -0.25) is 5.41 Å². The zero-order valence-corrected chi connectivity index (χ0v) is 23.5. The Morgan fingerprint density at radius 1 is 1.15 bits per heavy atom. The lowest BCUT2D eigenvalue weighted by Gasteiger charge is -2.22. The van der Waals surface area contributed by atoms with E-state index in [1.165, 1.54) is 12.1 Å². The quantitative estimate of drug-likeness (QED) is 0.143. The first-order chi connectivity index (χ1) is 19.0. The molecular formula is C29H32FN5O4S. The second-order valence-electron chi connectivity index (χ2n) is 9.47. The Morgan fingerprint density at radius 3 is 2.50 bits per heavy atom. The number of nitrogens with one attached hydrogen (secondary N) is 3. The van der Waals surface area contributed by atoms with Gasteiger partial charge in [0.25, 0.3) is 0 Å². The fourth-order valence-corrected chi connectivity index (χ4v) is 4.79. The van der Waals surface area contributed by atoms with Crippen molar-refractivity contribution in [1.29, 1.82) is 5.41 Å². The van der Waals surface area contributed by atoms with E-state index in [1.807, 2.05) is 20.8 Å². The number of aromatic nitrogens is 2. The minimum Gasteiger partial charge on any atom is -0.494 e. The zero-order valence-electron chi connectivity index (χ0n) is 22.7. The van der Waals surface area contributed by atoms with Gasteiger partial charge in [0.15, 0.2) is 21.4 Å². The van der Waals surface area contributed by atoms with Crippen LogP contribution in [0.1, 0.15) is 43.8 Å². The molecule has 11 heteroatoms. The molecule has 1 aromatic heterocycles. The predicted octanol–water partition coefficient (Wildman–Crippen LogP) is 5.29. The number of benzene rings is 3. The minimum atomic E-state index is -3.41. The molecule has 1 heterocycles. The first kappa shape index (κ1) is 28.6. The maximum Gasteiger partial charge on any atom is 0.175 e. The molecule has 0 aliphatic heterocycles. The maximum atomic E-state index is 16.0. The van der Waals surface area contributed by atoms with Crippen molar-refractivity contribution in [3.63, 3.8) is 0 Å². The fraction of sp³-hybridized carbons (Fsp3) is 0.241. The third kappa shape index (κ3) is 6.60. The molecule has 4 rings (SSSR count). The van der Waals surface area contributed by atoms with E-state index in [9.17, 15) is 8.42 Å². The molecule has 40 heavy (non-hydrogen) atoms. The molecule has 9 nitrogen and oxygen atoms in total. The summed E-state index contributed by atoms with van der Waals surface area (Å²) < 4.78 is 51.7. The number of hydrogen-bond acceptors (Lipinski definition) is 7. The summed E-state index contributed by atoms with van der Waals surface area (Å²) in [5, 5.41) is 11.0. The van der Waals surface area contributed by atoms with Crippen molar-refractivity contribution in [1.82, 2.24) is 9.97 Å². The lowest BCUT2D eigenvalue weighted by atomic mass is 10.0. The highest BCUT2D eigenvalue weighted by Crippen LogP contribution is 2.36. The molecular weight excluding hydrogens is 533 g/mol. The van der Waals surface area contributed by atoms with Gasteiger partial charge in [-0.15, -0.1) is 0 Å². The van der Waals surface area contributed by atoms with Crippen LogP contribution in [0.25, 0.3) is 11.3 Å². The summed E-state index contributed by atoms with van der Waals surface area (Å²) in [4.78, 5) is 7.94. The number of H-pyrrole nitrogens is 1. The largest absolute Gasteiger partial charge is 0.494 e. The van der Waals surface area contributed by atoms with Gasteiger partial charge in [0.2, 0.25) is 0 Å². The number of halogens is 1. The van der Waals surface area contributed by atoms with Crippen LogP contribution in [0.3, 0.4) is 0 Å². The van der Waals surface area contributed by atoms with Crippen molar-refractivity contribution < 1.29 is 22.3 Å². The van der Waals surface area contributed by atoms with Gasteiger partial charge in [-0.25, -0.2) is 17.8 Å². The summed E-state index contributed by atoms with van der Waals surface area (Å²) in [5.41, 5.74) is 8.16. The molecule has 0 spiro atoms. The Kier molecular flexibility index (Phi) is 8.43. The van der Waals surface area contributed by atoms with Crippen LogP contribution in [0.15, 0.2) is 71.8 Å². The number of anilines is 1. The van der Waals surface area contributed by atoms with Crippen molar-refractivity contribution in [3.8, 4) is 22.8 Å². The fourth-order valence-electron chi connectivity index (χ4n) is 4.12. The average Bonchev–Trinajstić information content (AvgIpc) is 3.39. The zero-order chi connectivity index (χ0) is 29.0. The van der Waals surface area contributed by atoms with Crippen LogP contribution in [0.2, 0.25) is 0 Å². The maximum absolute atomic E-state index is 16.0. The number of hydrogen-bond donors (Lipinski definition) is 4. The standard InChI is InChI=1S/C29H32FN5O4S/c1-5-38-21-14-23(26(30)25(15-21)39-17(2)3)27(34-20-11-9-18(10-12-20)28(31)32)29-33-16-24(35-29)19-7-6-8-22(13-19)40(4,36)37/h6-17,27,34H,5H2,1-4H3,(H3,31,32)(H,33,35). The number of nitrogen functional groups attached to an aromatic ring is 1. The van der Waals surface area contributed by atoms with E-state index in [2.05, 4.69) is 15.3 Å². The second kappa shape index (κ2) is 11.8. The first-order valence-electron chi connectivity index (χ1n) is 12.7. The summed E-state index contributed by atoms with van der Waals surface area (Å²) in [6.07, 6.45) is 2.44. The number of amidine groups is 1. The molecule has 1 unspecified atom stereocenters. The summed E-state index contributed by atoms with van der Waals surface area (Å²) in [7, 11) is -3.41. The molecule has 0 radical (unpaired) electrons. The Labute approximate surface area is 233 Å². The predicted molar refractivity (Wildman–Crippen MR) is 153 cm³/mol. The molecule has 210 valence electrons. The third-order valence-electron chi connectivity index (χ3n) is 5.97. The van der Waals surface area contributed by atoms with E-state index < -0.39 is 21.7 Å². The summed E-state index contributed by atoms with van der Waals surface area (Å²) in [6, 6.07) is 15.6. The molecule has 4 aromatic rings. The topological polar surface area (TPSA) is 143 Å². The highest BCUT2D eigenvalue weighted by atomic mass is 32.2. The second-order valence-corrected chi connectivity index (χ2v) is 11.5. The molecule has 1 atom stereocenters. The van der Waals surface area contributed by atoms with Gasteiger partial charge >= 0.3 is 0 Å². The van der Waals surface area contributed by atoms with E-state index >= 15 is 4.39 Å².